The molecule has 0 spiro atoms. The summed E-state index contributed by atoms with van der Waals surface area (Å²) in [5.41, 5.74) is 0.538. The number of nitrogens with one attached hydrogen (secondary N) is 2. The number of aryl methyl sites for hydroxylation is 1. The summed E-state index contributed by atoms with van der Waals surface area (Å²) >= 11 is 0.999. The molecule has 2 heterocycles. The number of nitrogen functional groups attached to an aromatic ring is 1. The van der Waals surface area contributed by atoms with E-state index in [1.54, 1.807) is 6.07 Å². The van der Waals surface area contributed by atoms with Crippen LogP contribution in [-0.4, -0.2) is 36.7 Å². The maximum Gasteiger partial charge on any atom is 0.416 e. The van der Waals surface area contributed by atoms with Crippen molar-refractivity contribution < 1.29 is 18.0 Å². The standard InChI is InChI=1S/C15H14F3N7OS/c1-8-5-11(22-21-8)13-23-24-14(25(13)19)27-7-12(26)20-10-4-2-3-9(6-10)15(16,17)18/h2-6H,7,19H2,1H3,(H,20,26)(H,21,22). The number of nitrogens with zero attached hydrogens (tertiary/aromatic N) is 4. The molecule has 142 valence electrons. The Morgan fingerprint density at radius 1 is 1.33 bits per heavy atom. The molecular formula is C15H14F3N7OS. The van der Waals surface area contributed by atoms with Gasteiger partial charge in [0, 0.05) is 11.4 Å². The minimum Gasteiger partial charge on any atom is -0.335 e. The number of carbonyl (C=O) groups is 1. The topological polar surface area (TPSA) is 115 Å². The third kappa shape index (κ3) is 4.39. The predicted molar refractivity (Wildman–Crippen MR) is 93.3 cm³/mol. The van der Waals surface area contributed by atoms with Crippen molar-refractivity contribution >= 4 is 23.4 Å². The molecule has 0 fully saturated rings. The Hall–Kier alpha value is -3.02. The molecule has 3 aromatic rings. The van der Waals surface area contributed by atoms with E-state index in [1.807, 2.05) is 6.92 Å². The molecule has 0 atom stereocenters. The van der Waals surface area contributed by atoms with Gasteiger partial charge in [-0.3, -0.25) is 9.89 Å². The second-order valence-electron chi connectivity index (χ2n) is 5.53. The fourth-order valence-corrected chi connectivity index (χ4v) is 2.84. The molecule has 0 aliphatic carbocycles. The number of thioether (sulfide) groups is 1. The van der Waals surface area contributed by atoms with Crippen LogP contribution in [0.2, 0.25) is 0 Å². The molecule has 4 N–H and O–H groups in total. The molecule has 1 amide bonds. The van der Waals surface area contributed by atoms with Gasteiger partial charge in [-0.05, 0) is 31.2 Å². The smallest absolute Gasteiger partial charge is 0.335 e. The Morgan fingerprint density at radius 3 is 2.78 bits per heavy atom. The quantitative estimate of drug-likeness (QED) is 0.450. The second kappa shape index (κ2) is 7.31. The zero-order valence-electron chi connectivity index (χ0n) is 13.9. The molecule has 0 bridgehead atoms. The van der Waals surface area contributed by atoms with Crippen LogP contribution in [0.15, 0.2) is 35.5 Å². The number of halogens is 3. The third-order valence-electron chi connectivity index (χ3n) is 3.41. The minimum absolute atomic E-state index is 0.0531. The maximum atomic E-state index is 12.7. The highest BCUT2D eigenvalue weighted by molar-refractivity contribution is 7.99. The first-order valence-corrected chi connectivity index (χ1v) is 8.55. The van der Waals surface area contributed by atoms with Gasteiger partial charge in [0.1, 0.15) is 5.69 Å². The molecule has 2 aromatic heterocycles. The van der Waals surface area contributed by atoms with Crippen molar-refractivity contribution in [3.8, 4) is 11.5 Å². The van der Waals surface area contributed by atoms with Crippen molar-refractivity contribution in [3.05, 3.63) is 41.6 Å². The van der Waals surface area contributed by atoms with E-state index in [0.29, 0.717) is 11.5 Å². The second-order valence-corrected chi connectivity index (χ2v) is 6.47. The lowest BCUT2D eigenvalue weighted by Gasteiger charge is -2.09. The van der Waals surface area contributed by atoms with Crippen molar-refractivity contribution in [3.63, 3.8) is 0 Å². The molecule has 0 saturated heterocycles. The molecule has 0 radical (unpaired) electrons. The first-order valence-electron chi connectivity index (χ1n) is 7.57. The number of hydrogen-bond acceptors (Lipinski definition) is 6. The molecule has 8 nitrogen and oxygen atoms in total. The Kier molecular flexibility index (Phi) is 5.08. The molecule has 27 heavy (non-hydrogen) atoms. The molecule has 0 unspecified atom stereocenters. The summed E-state index contributed by atoms with van der Waals surface area (Å²) < 4.78 is 39.3. The Balaban J connectivity index is 1.62. The fraction of sp³-hybridized carbons (Fsp3) is 0.200. The lowest BCUT2D eigenvalue weighted by atomic mass is 10.2. The van der Waals surface area contributed by atoms with Gasteiger partial charge in [0.25, 0.3) is 0 Å². The van der Waals surface area contributed by atoms with E-state index in [0.717, 1.165) is 29.6 Å². The van der Waals surface area contributed by atoms with Crippen molar-refractivity contribution in [2.45, 2.75) is 18.3 Å². The van der Waals surface area contributed by atoms with Gasteiger partial charge in [-0.25, -0.2) is 4.68 Å². The lowest BCUT2D eigenvalue weighted by Crippen LogP contribution is -2.17. The number of carbonyl (C=O) groups excluding carboxylic acids is 1. The molecule has 12 heteroatoms. The monoisotopic (exact) mass is 397 g/mol. The van der Waals surface area contributed by atoms with Crippen LogP contribution in [-0.2, 0) is 11.0 Å². The van der Waals surface area contributed by atoms with Gasteiger partial charge < -0.3 is 11.2 Å². The summed E-state index contributed by atoms with van der Waals surface area (Å²) in [7, 11) is 0. The summed E-state index contributed by atoms with van der Waals surface area (Å²) in [6.07, 6.45) is -4.48. The Bertz CT molecular complexity index is 966. The fourth-order valence-electron chi connectivity index (χ4n) is 2.18. The molecule has 0 aliphatic rings. The van der Waals surface area contributed by atoms with E-state index in [-0.39, 0.29) is 16.6 Å². The summed E-state index contributed by atoms with van der Waals surface area (Å²) in [6.45, 7) is 1.82. The number of hydrogen-bond donors (Lipinski definition) is 3. The largest absolute Gasteiger partial charge is 0.416 e. The van der Waals surface area contributed by atoms with Crippen molar-refractivity contribution in [1.82, 2.24) is 25.1 Å². The number of rotatable bonds is 5. The van der Waals surface area contributed by atoms with Crippen molar-refractivity contribution in [2.75, 3.05) is 16.9 Å². The summed E-state index contributed by atoms with van der Waals surface area (Å²) in [4.78, 5) is 12.0. The first-order chi connectivity index (χ1) is 12.7. The zero-order valence-corrected chi connectivity index (χ0v) is 14.7. The number of anilines is 1. The van der Waals surface area contributed by atoms with Gasteiger partial charge in [0.2, 0.25) is 16.9 Å². The highest BCUT2D eigenvalue weighted by Gasteiger charge is 2.30. The highest BCUT2D eigenvalue weighted by atomic mass is 32.2. The van der Waals surface area contributed by atoms with Crippen LogP contribution in [0.1, 0.15) is 11.3 Å². The van der Waals surface area contributed by atoms with Crippen LogP contribution in [0.25, 0.3) is 11.5 Å². The van der Waals surface area contributed by atoms with Crippen molar-refractivity contribution in [1.29, 1.82) is 0 Å². The first kappa shape index (κ1) is 18.8. The highest BCUT2D eigenvalue weighted by Crippen LogP contribution is 2.30. The minimum atomic E-state index is -4.48. The van der Waals surface area contributed by atoms with E-state index < -0.39 is 17.6 Å². The molecule has 0 aliphatic heterocycles. The summed E-state index contributed by atoms with van der Waals surface area (Å²) in [5.74, 6) is 5.62. The van der Waals surface area contributed by atoms with Crippen LogP contribution in [0.4, 0.5) is 18.9 Å². The van der Waals surface area contributed by atoms with E-state index in [1.165, 1.54) is 16.8 Å². The number of nitrogens with two attached hydrogens (primary N) is 1. The van der Waals surface area contributed by atoms with Gasteiger partial charge in [-0.15, -0.1) is 10.2 Å². The number of aromatic amines is 1. The van der Waals surface area contributed by atoms with Crippen LogP contribution in [0.3, 0.4) is 0 Å². The van der Waals surface area contributed by atoms with Crippen LogP contribution < -0.4 is 11.2 Å². The molecular weight excluding hydrogens is 383 g/mol. The summed E-state index contributed by atoms with van der Waals surface area (Å²) in [6, 6.07) is 6.13. The van der Waals surface area contributed by atoms with E-state index in [4.69, 9.17) is 5.84 Å². The SMILES string of the molecule is Cc1cc(-c2nnc(SCC(=O)Nc3cccc(C(F)(F)F)c3)n2N)n[nH]1. The number of benzene rings is 1. The Morgan fingerprint density at radius 2 is 2.11 bits per heavy atom. The number of H-pyrrole nitrogens is 1. The number of aromatic nitrogens is 5. The van der Waals surface area contributed by atoms with E-state index in [9.17, 15) is 18.0 Å². The molecule has 0 saturated carbocycles. The number of alkyl halides is 3. The normalized spacial score (nSPS) is 11.6. The molecule has 1 aromatic carbocycles. The van der Waals surface area contributed by atoms with Gasteiger partial charge in [-0.1, -0.05) is 17.8 Å². The lowest BCUT2D eigenvalue weighted by molar-refractivity contribution is -0.137. The zero-order chi connectivity index (χ0) is 19.6. The van der Waals surface area contributed by atoms with Gasteiger partial charge >= 0.3 is 6.18 Å². The molecule has 3 rings (SSSR count). The third-order valence-corrected chi connectivity index (χ3v) is 4.35. The summed E-state index contributed by atoms with van der Waals surface area (Å²) in [5, 5.41) is 17.3. The van der Waals surface area contributed by atoms with Gasteiger partial charge in [-0.2, -0.15) is 18.3 Å². The van der Waals surface area contributed by atoms with Crippen LogP contribution in [0, 0.1) is 6.92 Å². The average Bonchev–Trinajstić information content (AvgIpc) is 3.18. The van der Waals surface area contributed by atoms with Crippen LogP contribution >= 0.6 is 11.8 Å². The van der Waals surface area contributed by atoms with Gasteiger partial charge in [0.15, 0.2) is 0 Å². The Labute approximate surface area is 155 Å². The predicted octanol–water partition coefficient (Wildman–Crippen LogP) is 2.44. The van der Waals surface area contributed by atoms with Crippen molar-refractivity contribution in [2.24, 2.45) is 0 Å². The maximum absolute atomic E-state index is 12.7. The van der Waals surface area contributed by atoms with Crippen LogP contribution in [0.5, 0.6) is 0 Å². The number of amides is 1. The average molecular weight is 397 g/mol. The van der Waals surface area contributed by atoms with Gasteiger partial charge in [0.05, 0.1) is 11.3 Å². The van der Waals surface area contributed by atoms with E-state index in [2.05, 4.69) is 25.7 Å². The van der Waals surface area contributed by atoms with E-state index >= 15 is 0 Å².